The highest BCUT2D eigenvalue weighted by atomic mass is 16.7. The molecule has 11 heteroatoms. The van der Waals surface area contributed by atoms with E-state index in [-0.39, 0.29) is 19.4 Å². The van der Waals surface area contributed by atoms with Crippen LogP contribution in [0.2, 0.25) is 0 Å². The minimum absolute atomic E-state index is 0.0989. The maximum atomic E-state index is 13.3. The predicted molar refractivity (Wildman–Crippen MR) is 301 cm³/mol. The Bertz CT molecular complexity index is 1550. The summed E-state index contributed by atoms with van der Waals surface area (Å²) in [4.78, 5) is 26.4. The maximum Gasteiger partial charge on any atom is 0.306 e. The number of amides is 1. The number of carbonyl (C=O) groups excluding carboxylic acids is 2. The van der Waals surface area contributed by atoms with Crippen molar-refractivity contribution in [2.24, 2.45) is 0 Å². The minimum Gasteiger partial charge on any atom is -0.454 e. The Morgan fingerprint density at radius 1 is 0.562 bits per heavy atom. The van der Waals surface area contributed by atoms with Gasteiger partial charge >= 0.3 is 5.97 Å². The number of allylic oxidation sites excluding steroid dienone is 15. The van der Waals surface area contributed by atoms with Crippen molar-refractivity contribution in [2.45, 2.75) is 269 Å². The lowest BCUT2D eigenvalue weighted by Gasteiger charge is -2.41. The zero-order valence-corrected chi connectivity index (χ0v) is 46.0. The number of aliphatic hydroxyl groups excluding tert-OH is 5. The average Bonchev–Trinajstić information content (AvgIpc) is 3.39. The van der Waals surface area contributed by atoms with Crippen LogP contribution in [0.15, 0.2) is 97.2 Å². The number of unbranched alkanes of at least 4 members (excludes halogenated alkanes) is 22. The normalized spacial score (nSPS) is 20.1. The second kappa shape index (κ2) is 49.5. The molecule has 8 atom stereocenters. The molecular weight excluding hydrogens is 919 g/mol. The first-order valence-corrected chi connectivity index (χ1v) is 29.1. The lowest BCUT2D eigenvalue weighted by molar-refractivity contribution is -0.305. The molecule has 1 rings (SSSR count). The van der Waals surface area contributed by atoms with E-state index in [1.165, 1.54) is 77.0 Å². The van der Waals surface area contributed by atoms with Gasteiger partial charge in [0.25, 0.3) is 0 Å². The molecule has 1 saturated heterocycles. The summed E-state index contributed by atoms with van der Waals surface area (Å²) in [5.74, 6) is -1.26. The first-order chi connectivity index (χ1) is 35.7. The van der Waals surface area contributed by atoms with Crippen molar-refractivity contribution in [1.82, 2.24) is 5.32 Å². The molecule has 0 spiro atoms. The number of carbonyl (C=O) groups is 2. The third-order valence-corrected chi connectivity index (χ3v) is 13.1. The maximum absolute atomic E-state index is 13.3. The molecule has 6 N–H and O–H groups in total. The fourth-order valence-corrected chi connectivity index (χ4v) is 8.43. The zero-order chi connectivity index (χ0) is 53.3. The topological polar surface area (TPSA) is 175 Å². The van der Waals surface area contributed by atoms with Gasteiger partial charge in [-0.3, -0.25) is 9.59 Å². The Balaban J connectivity index is 2.75. The highest BCUT2D eigenvalue weighted by Crippen LogP contribution is 2.26. The number of rotatable bonds is 47. The van der Waals surface area contributed by atoms with Crippen LogP contribution in [-0.4, -0.2) is 99.6 Å². The van der Waals surface area contributed by atoms with Crippen molar-refractivity contribution in [3.8, 4) is 0 Å². The lowest BCUT2D eigenvalue weighted by Crippen LogP contribution is -2.61. The number of hydrogen-bond donors (Lipinski definition) is 6. The number of aliphatic hydroxyl groups is 5. The second-order valence-electron chi connectivity index (χ2n) is 19.7. The van der Waals surface area contributed by atoms with Crippen LogP contribution in [0.5, 0.6) is 0 Å². The number of hydrogen-bond acceptors (Lipinski definition) is 10. The van der Waals surface area contributed by atoms with Crippen molar-refractivity contribution in [1.29, 1.82) is 0 Å². The van der Waals surface area contributed by atoms with Crippen LogP contribution < -0.4 is 5.32 Å². The zero-order valence-electron chi connectivity index (χ0n) is 46.0. The third kappa shape index (κ3) is 37.9. The molecule has 1 amide bonds. The first-order valence-electron chi connectivity index (χ1n) is 29.1. The molecule has 73 heavy (non-hydrogen) atoms. The smallest absolute Gasteiger partial charge is 0.306 e. The molecule has 1 aliphatic rings. The van der Waals surface area contributed by atoms with Crippen LogP contribution in [-0.2, 0) is 23.8 Å². The number of nitrogens with one attached hydrogen (secondary N) is 1. The van der Waals surface area contributed by atoms with E-state index in [9.17, 15) is 35.1 Å². The SMILES string of the molecule is CC/C=C/C=C/C=C\C=C/CCCCC(O)C(=O)NC(COC1OC(CO)C(O)C(O)C1OC(=O)CCCCCCCC/C=C\C/C=C\C/C=C\CCCCC)C(O)/C=C/CCCCCCCCCCCCC. The van der Waals surface area contributed by atoms with E-state index in [0.29, 0.717) is 12.8 Å². The van der Waals surface area contributed by atoms with Gasteiger partial charge in [-0.05, 0) is 83.5 Å². The van der Waals surface area contributed by atoms with Gasteiger partial charge in [0.2, 0.25) is 5.91 Å². The summed E-state index contributed by atoms with van der Waals surface area (Å²) in [7, 11) is 0. The summed E-state index contributed by atoms with van der Waals surface area (Å²) in [5.41, 5.74) is 0. The molecule has 0 aromatic rings. The van der Waals surface area contributed by atoms with Gasteiger partial charge in [0.1, 0.15) is 24.4 Å². The summed E-state index contributed by atoms with van der Waals surface area (Å²) in [6, 6.07) is -1.05. The van der Waals surface area contributed by atoms with E-state index in [0.717, 1.165) is 96.3 Å². The van der Waals surface area contributed by atoms with Crippen LogP contribution in [0.3, 0.4) is 0 Å². The van der Waals surface area contributed by atoms with Gasteiger partial charge in [-0.1, -0.05) is 227 Å². The first kappa shape index (κ1) is 67.6. The average molecular weight is 1020 g/mol. The number of ether oxygens (including phenoxy) is 3. The minimum atomic E-state index is -1.63. The van der Waals surface area contributed by atoms with Gasteiger partial charge in [-0.2, -0.15) is 0 Å². The van der Waals surface area contributed by atoms with Gasteiger partial charge in [-0.25, -0.2) is 0 Å². The molecule has 418 valence electrons. The van der Waals surface area contributed by atoms with Crippen LogP contribution in [0.1, 0.15) is 220 Å². The molecule has 11 nitrogen and oxygen atoms in total. The van der Waals surface area contributed by atoms with E-state index < -0.39 is 67.4 Å². The highest BCUT2D eigenvalue weighted by molar-refractivity contribution is 5.80. The van der Waals surface area contributed by atoms with Crippen molar-refractivity contribution < 1.29 is 49.3 Å². The van der Waals surface area contributed by atoms with Gasteiger partial charge in [0.15, 0.2) is 12.4 Å². The van der Waals surface area contributed by atoms with Crippen LogP contribution >= 0.6 is 0 Å². The van der Waals surface area contributed by atoms with Crippen molar-refractivity contribution in [3.63, 3.8) is 0 Å². The molecule has 0 aromatic carbocycles. The highest BCUT2D eigenvalue weighted by Gasteiger charge is 2.47. The molecule has 1 aliphatic heterocycles. The molecule has 1 heterocycles. The molecule has 0 bridgehead atoms. The second-order valence-corrected chi connectivity index (χ2v) is 19.7. The molecule has 8 unspecified atom stereocenters. The van der Waals surface area contributed by atoms with Gasteiger partial charge in [-0.15, -0.1) is 0 Å². The van der Waals surface area contributed by atoms with E-state index >= 15 is 0 Å². The predicted octanol–water partition coefficient (Wildman–Crippen LogP) is 13.2. The largest absolute Gasteiger partial charge is 0.454 e. The molecule has 0 saturated carbocycles. The molecule has 0 radical (unpaired) electrons. The number of esters is 1. The van der Waals surface area contributed by atoms with Crippen molar-refractivity contribution >= 4 is 11.9 Å². The summed E-state index contributed by atoms with van der Waals surface area (Å²) in [6.07, 6.45) is 54.5. The Hall–Kier alpha value is -3.42. The molecule has 0 aromatic heterocycles. The summed E-state index contributed by atoms with van der Waals surface area (Å²) in [6.45, 7) is 5.56. The third-order valence-electron chi connectivity index (χ3n) is 13.1. The summed E-state index contributed by atoms with van der Waals surface area (Å²) >= 11 is 0. The van der Waals surface area contributed by atoms with E-state index in [2.05, 4.69) is 68.6 Å². The Morgan fingerprint density at radius 2 is 1.04 bits per heavy atom. The molecular formula is C62H105NO10. The lowest BCUT2D eigenvalue weighted by atomic mass is 9.99. The summed E-state index contributed by atoms with van der Waals surface area (Å²) < 4.78 is 17.5. The van der Waals surface area contributed by atoms with Crippen LogP contribution in [0, 0.1) is 0 Å². The van der Waals surface area contributed by atoms with Crippen LogP contribution in [0.25, 0.3) is 0 Å². The Labute approximate surface area is 444 Å². The van der Waals surface area contributed by atoms with E-state index in [1.54, 1.807) is 6.08 Å². The summed E-state index contributed by atoms with van der Waals surface area (Å²) in [5, 5.41) is 56.8. The van der Waals surface area contributed by atoms with E-state index in [1.807, 2.05) is 48.6 Å². The fourth-order valence-electron chi connectivity index (χ4n) is 8.43. The quantitative estimate of drug-likeness (QED) is 0.0149. The fraction of sp³-hybridized carbons (Fsp3) is 0.710. The van der Waals surface area contributed by atoms with Gasteiger partial charge in [0, 0.05) is 6.42 Å². The van der Waals surface area contributed by atoms with Crippen molar-refractivity contribution in [3.05, 3.63) is 97.2 Å². The van der Waals surface area contributed by atoms with Gasteiger partial charge < -0.3 is 45.1 Å². The monoisotopic (exact) mass is 1020 g/mol. The molecule has 1 fully saturated rings. The van der Waals surface area contributed by atoms with Gasteiger partial charge in [0.05, 0.1) is 25.4 Å². The van der Waals surface area contributed by atoms with E-state index in [4.69, 9.17) is 14.2 Å². The van der Waals surface area contributed by atoms with Crippen molar-refractivity contribution in [2.75, 3.05) is 13.2 Å². The standard InChI is InChI=1S/C62H105NO10/c1-4-7-10-13-16-19-22-25-26-27-28-29-30-32-35-38-41-44-47-50-57(67)73-60-59(69)58(68)56(51-64)72-62(60)71-52-53(54(65)48-45-42-39-36-34-31-23-20-17-14-11-8-5-2)63-61(70)55(66)49-46-43-40-37-33-24-21-18-15-12-9-6-3/h9,12,15-16,18-19,21,24-26,28-29,33,37,45,48,53-56,58-60,62,64-66,68-69H,4-8,10-11,13-14,17,20,22-23,27,30-32,34-36,38-44,46-47,49-52H2,1-3H3,(H,63,70)/b12-9+,18-15+,19-16-,24-21-,26-25-,29-28-,37-33-,48-45+. The Morgan fingerprint density at radius 3 is 1.63 bits per heavy atom. The molecule has 0 aliphatic carbocycles. The van der Waals surface area contributed by atoms with Crippen LogP contribution in [0.4, 0.5) is 0 Å². The Kier molecular flexibility index (Phi) is 45.8.